The number of fused-ring (bicyclic) bond motifs is 9. The van der Waals surface area contributed by atoms with Crippen LogP contribution in [0.25, 0.3) is 22.3 Å². The predicted molar refractivity (Wildman–Crippen MR) is 192 cm³/mol. The molecule has 0 unspecified atom stereocenters. The van der Waals surface area contributed by atoms with Gasteiger partial charge in [-0.1, -0.05) is 140 Å². The van der Waals surface area contributed by atoms with Gasteiger partial charge in [0.15, 0.2) is 8.07 Å². The van der Waals surface area contributed by atoms with Crippen LogP contribution in [0.1, 0.15) is 0 Å². The Labute approximate surface area is 269 Å². The van der Waals surface area contributed by atoms with Crippen molar-refractivity contribution in [3.8, 4) is 45.3 Å². The quantitative estimate of drug-likeness (QED) is 0.246. The largest absolute Gasteiger partial charge is 0.458 e. The van der Waals surface area contributed by atoms with E-state index in [4.69, 9.17) is 9.47 Å². The van der Waals surface area contributed by atoms with Gasteiger partial charge in [-0.05, 0) is 78.2 Å². The van der Waals surface area contributed by atoms with E-state index in [1.807, 2.05) is 6.07 Å². The van der Waals surface area contributed by atoms with Crippen molar-refractivity contribution in [1.29, 1.82) is 0 Å². The smallest absolute Gasteiger partial charge is 0.260 e. The minimum atomic E-state index is -2.77. The molecule has 0 bridgehead atoms. The molecule has 10 rings (SSSR count). The molecule has 3 heterocycles. The molecule has 0 fully saturated rings. The summed E-state index contributed by atoms with van der Waals surface area (Å²) in [7, 11) is -2.77. The fraction of sp³-hybridized carbons (Fsp3) is 0. The van der Waals surface area contributed by atoms with Crippen molar-refractivity contribution in [3.63, 3.8) is 0 Å². The molecular formula is C42H27BO2Si. The van der Waals surface area contributed by atoms with E-state index in [2.05, 4.69) is 158 Å². The van der Waals surface area contributed by atoms with E-state index in [1.54, 1.807) is 0 Å². The van der Waals surface area contributed by atoms with Crippen LogP contribution in [0, 0.1) is 0 Å². The zero-order valence-corrected chi connectivity index (χ0v) is 26.0. The van der Waals surface area contributed by atoms with Crippen molar-refractivity contribution in [3.05, 3.63) is 164 Å². The van der Waals surface area contributed by atoms with Crippen molar-refractivity contribution in [1.82, 2.24) is 0 Å². The first-order valence-corrected chi connectivity index (χ1v) is 17.9. The highest BCUT2D eigenvalue weighted by atomic mass is 28.3. The molecule has 3 aliphatic rings. The second-order valence-corrected chi connectivity index (χ2v) is 16.1. The molecule has 0 N–H and O–H groups in total. The Hall–Kier alpha value is -5.58. The van der Waals surface area contributed by atoms with Crippen molar-refractivity contribution in [2.24, 2.45) is 0 Å². The summed E-state index contributed by atoms with van der Waals surface area (Å²) in [6, 6.07) is 60.0. The van der Waals surface area contributed by atoms with Crippen LogP contribution in [0.4, 0.5) is 0 Å². The zero-order chi connectivity index (χ0) is 30.2. The van der Waals surface area contributed by atoms with E-state index in [0.29, 0.717) is 0 Å². The Morgan fingerprint density at radius 2 is 0.870 bits per heavy atom. The summed E-state index contributed by atoms with van der Waals surface area (Å²) < 4.78 is 13.2. The first-order chi connectivity index (χ1) is 22.8. The molecule has 7 aromatic carbocycles. The lowest BCUT2D eigenvalue weighted by atomic mass is 9.34. The van der Waals surface area contributed by atoms with E-state index in [1.165, 1.54) is 53.9 Å². The highest BCUT2D eigenvalue weighted by molar-refractivity contribution is 7.21. The van der Waals surface area contributed by atoms with Crippen molar-refractivity contribution in [2.75, 3.05) is 0 Å². The third-order valence-electron chi connectivity index (χ3n) is 10.1. The zero-order valence-electron chi connectivity index (χ0n) is 25.0. The lowest BCUT2D eigenvalue weighted by molar-refractivity contribution is 0.464. The number of rotatable bonds is 2. The van der Waals surface area contributed by atoms with Crippen LogP contribution in [0.15, 0.2) is 164 Å². The predicted octanol–water partition coefficient (Wildman–Crippen LogP) is 5.44. The molecular weight excluding hydrogens is 575 g/mol. The second kappa shape index (κ2) is 9.71. The lowest BCUT2D eigenvalue weighted by Crippen LogP contribution is -2.75. The molecule has 0 spiro atoms. The average Bonchev–Trinajstić information content (AvgIpc) is 3.23. The van der Waals surface area contributed by atoms with Crippen LogP contribution in [0.5, 0.6) is 23.0 Å². The number of hydrogen-bond acceptors (Lipinski definition) is 2. The van der Waals surface area contributed by atoms with E-state index < -0.39 is 8.07 Å². The maximum Gasteiger partial charge on any atom is 0.260 e. The van der Waals surface area contributed by atoms with Crippen molar-refractivity contribution in [2.45, 2.75) is 0 Å². The fourth-order valence-corrected chi connectivity index (χ4v) is 13.5. The van der Waals surface area contributed by atoms with Gasteiger partial charge in [0.1, 0.15) is 23.0 Å². The highest BCUT2D eigenvalue weighted by Crippen LogP contribution is 2.41. The Balaban J connectivity index is 1.34. The number of hydrogen-bond donors (Lipinski definition) is 0. The molecule has 0 atom stereocenters. The van der Waals surface area contributed by atoms with E-state index >= 15 is 0 Å². The number of ether oxygens (including phenoxy) is 2. The SMILES string of the molecule is c1ccc([Si]2(c3ccccc3)c3ccccc3-c3cc4c(cc3-c3ccccc32)B2c3ccccc3Oc3cccc(c32)O4)cc1. The molecule has 0 aromatic heterocycles. The van der Waals surface area contributed by atoms with Gasteiger partial charge >= 0.3 is 0 Å². The van der Waals surface area contributed by atoms with Crippen molar-refractivity contribution >= 4 is 51.9 Å². The standard InChI is InChI=1S/C42H27BO2Si/c1-3-14-28(15-4-1)46(29-16-5-2-6-17-29)40-24-11-7-18-30(40)32-26-35-39(27-33(32)31-19-8-12-25-41(31)46)45-38-23-13-22-37-42(38)43(35)34-20-9-10-21-36(34)44-37/h1-27H. The third kappa shape index (κ3) is 3.42. The molecule has 0 aliphatic carbocycles. The summed E-state index contributed by atoms with van der Waals surface area (Å²) in [4.78, 5) is 0. The van der Waals surface area contributed by atoms with Gasteiger partial charge in [0.2, 0.25) is 0 Å². The molecule has 0 amide bonds. The number of benzene rings is 7. The highest BCUT2D eigenvalue weighted by Gasteiger charge is 2.47. The van der Waals surface area contributed by atoms with Crippen LogP contribution >= 0.6 is 0 Å². The summed E-state index contributed by atoms with van der Waals surface area (Å²) in [6.07, 6.45) is 0. The first-order valence-electron chi connectivity index (χ1n) is 15.9. The molecule has 214 valence electrons. The van der Waals surface area contributed by atoms with Crippen molar-refractivity contribution < 1.29 is 9.47 Å². The number of para-hydroxylation sites is 1. The first kappa shape index (κ1) is 25.7. The van der Waals surface area contributed by atoms with Gasteiger partial charge in [-0.3, -0.25) is 0 Å². The summed E-state index contributed by atoms with van der Waals surface area (Å²) in [5.41, 5.74) is 8.47. The van der Waals surface area contributed by atoms with Gasteiger partial charge in [0, 0.05) is 5.46 Å². The summed E-state index contributed by atoms with van der Waals surface area (Å²) >= 11 is 0. The Kier molecular flexibility index (Phi) is 5.43. The molecule has 7 aromatic rings. The minimum Gasteiger partial charge on any atom is -0.458 e. The van der Waals surface area contributed by atoms with Gasteiger partial charge in [-0.2, -0.15) is 0 Å². The van der Waals surface area contributed by atoms with E-state index in [0.717, 1.165) is 28.5 Å². The van der Waals surface area contributed by atoms with Gasteiger partial charge in [0.05, 0.1) is 0 Å². The normalized spacial score (nSPS) is 14.1. The Bertz CT molecular complexity index is 2290. The average molecular weight is 603 g/mol. The van der Waals surface area contributed by atoms with Crippen LogP contribution in [-0.2, 0) is 0 Å². The Morgan fingerprint density at radius 1 is 0.370 bits per heavy atom. The molecule has 0 saturated carbocycles. The fourth-order valence-electron chi connectivity index (χ4n) is 8.27. The molecule has 4 heteroatoms. The molecule has 0 radical (unpaired) electrons. The van der Waals surface area contributed by atoms with Crippen LogP contribution in [0.2, 0.25) is 0 Å². The third-order valence-corrected chi connectivity index (χ3v) is 15.0. The second-order valence-electron chi connectivity index (χ2n) is 12.4. The lowest BCUT2D eigenvalue weighted by Gasteiger charge is -2.35. The summed E-state index contributed by atoms with van der Waals surface area (Å²) in [5, 5.41) is 5.56. The van der Waals surface area contributed by atoms with E-state index in [-0.39, 0.29) is 6.71 Å². The monoisotopic (exact) mass is 602 g/mol. The van der Waals surface area contributed by atoms with Gasteiger partial charge in [-0.25, -0.2) is 0 Å². The van der Waals surface area contributed by atoms with Gasteiger partial charge in [-0.15, -0.1) is 0 Å². The summed E-state index contributed by atoms with van der Waals surface area (Å²) in [6.45, 7) is 0.0149. The van der Waals surface area contributed by atoms with E-state index in [9.17, 15) is 0 Å². The molecule has 46 heavy (non-hydrogen) atoms. The maximum absolute atomic E-state index is 6.80. The Morgan fingerprint density at radius 3 is 1.52 bits per heavy atom. The maximum atomic E-state index is 6.80. The molecule has 2 nitrogen and oxygen atoms in total. The van der Waals surface area contributed by atoms with Gasteiger partial charge < -0.3 is 9.47 Å². The minimum absolute atomic E-state index is 0.0149. The molecule has 0 saturated heterocycles. The summed E-state index contributed by atoms with van der Waals surface area (Å²) in [5.74, 6) is 3.55. The van der Waals surface area contributed by atoms with Crippen LogP contribution in [0.3, 0.4) is 0 Å². The van der Waals surface area contributed by atoms with Gasteiger partial charge in [0.25, 0.3) is 6.71 Å². The topological polar surface area (TPSA) is 18.5 Å². The van der Waals surface area contributed by atoms with Crippen LogP contribution in [-0.4, -0.2) is 14.8 Å². The van der Waals surface area contributed by atoms with Crippen LogP contribution < -0.4 is 46.6 Å². The molecule has 3 aliphatic heterocycles.